The molecular weight excluding hydrogens is 339 g/mol. The zero-order valence-corrected chi connectivity index (χ0v) is 14.1. The van der Waals surface area contributed by atoms with Gasteiger partial charge in [0.05, 0.1) is 22.6 Å². The van der Waals surface area contributed by atoms with Crippen molar-refractivity contribution in [3.63, 3.8) is 0 Å². The lowest BCUT2D eigenvalue weighted by Gasteiger charge is -2.18. The molecule has 0 aromatic carbocycles. The number of alkyl halides is 3. The number of likely N-dealkylation sites (tertiary alicyclic amines) is 1. The lowest BCUT2D eigenvalue weighted by molar-refractivity contribution is -0.340. The molecule has 1 amide bonds. The van der Waals surface area contributed by atoms with Crippen molar-refractivity contribution >= 4 is 16.8 Å². The maximum Gasteiger partial charge on any atom is 0.522 e. The van der Waals surface area contributed by atoms with Crippen LogP contribution in [0.3, 0.4) is 0 Å². The van der Waals surface area contributed by atoms with E-state index in [1.54, 1.807) is 37.8 Å². The Kier molecular flexibility index (Phi) is 4.14. The van der Waals surface area contributed by atoms with E-state index in [4.69, 9.17) is 0 Å². The fourth-order valence-corrected chi connectivity index (χ4v) is 3.28. The van der Waals surface area contributed by atoms with Crippen LogP contribution in [-0.4, -0.2) is 45.5 Å². The van der Waals surface area contributed by atoms with E-state index < -0.39 is 18.4 Å². The number of nitrogens with zero attached hydrogens (tertiary/aromatic N) is 3. The zero-order chi connectivity index (χ0) is 18.5. The summed E-state index contributed by atoms with van der Waals surface area (Å²) in [6.45, 7) is 1.72. The summed E-state index contributed by atoms with van der Waals surface area (Å²) in [5.41, 5.74) is 1.15. The standard InChI is InChI=1S/C16H18F3N3O3/c1-9-12(13-11(21(9)3)5-6-20(2)14(13)23)15(24)22-7-4-10(8-22)25-16(17,18)19/h5-6,10H,4,7-8H2,1-3H3. The van der Waals surface area contributed by atoms with E-state index in [0.29, 0.717) is 11.2 Å². The highest BCUT2D eigenvalue weighted by Crippen LogP contribution is 2.28. The van der Waals surface area contributed by atoms with Gasteiger partial charge in [0.25, 0.3) is 11.5 Å². The van der Waals surface area contributed by atoms with Crippen LogP contribution in [0, 0.1) is 6.92 Å². The third kappa shape index (κ3) is 3.04. The van der Waals surface area contributed by atoms with Gasteiger partial charge in [0.15, 0.2) is 0 Å². The first-order valence-electron chi connectivity index (χ1n) is 7.78. The summed E-state index contributed by atoms with van der Waals surface area (Å²) in [6, 6.07) is 1.74. The second-order valence-corrected chi connectivity index (χ2v) is 6.24. The van der Waals surface area contributed by atoms with E-state index in [0.717, 1.165) is 0 Å². The number of hydrogen-bond donors (Lipinski definition) is 0. The van der Waals surface area contributed by atoms with Crippen molar-refractivity contribution < 1.29 is 22.7 Å². The van der Waals surface area contributed by atoms with Gasteiger partial charge in [-0.25, -0.2) is 0 Å². The fourth-order valence-electron chi connectivity index (χ4n) is 3.28. The first-order chi connectivity index (χ1) is 11.6. The first-order valence-corrected chi connectivity index (χ1v) is 7.78. The van der Waals surface area contributed by atoms with Gasteiger partial charge in [-0.3, -0.25) is 14.3 Å². The molecule has 9 heteroatoms. The third-order valence-electron chi connectivity index (χ3n) is 4.67. The Morgan fingerprint density at radius 3 is 2.64 bits per heavy atom. The highest BCUT2D eigenvalue weighted by atomic mass is 19.4. The monoisotopic (exact) mass is 357 g/mol. The molecule has 1 saturated heterocycles. The molecule has 0 radical (unpaired) electrons. The number of carbonyl (C=O) groups is 1. The molecule has 25 heavy (non-hydrogen) atoms. The SMILES string of the molecule is Cc1c(C(=O)N2CCC(OC(F)(F)F)C2)c2c(=O)n(C)ccc2n1C. The Bertz CT molecular complexity index is 898. The molecule has 0 saturated carbocycles. The lowest BCUT2D eigenvalue weighted by atomic mass is 10.1. The summed E-state index contributed by atoms with van der Waals surface area (Å²) in [5.74, 6) is -0.445. The van der Waals surface area contributed by atoms with Gasteiger partial charge in [-0.1, -0.05) is 0 Å². The minimum absolute atomic E-state index is 0.104. The maximum absolute atomic E-state index is 12.9. The molecule has 2 aromatic rings. The van der Waals surface area contributed by atoms with Gasteiger partial charge in [0.1, 0.15) is 0 Å². The number of fused-ring (bicyclic) bond motifs is 1. The summed E-state index contributed by atoms with van der Waals surface area (Å²) in [6.07, 6.45) is -4.09. The number of amides is 1. The van der Waals surface area contributed by atoms with Crippen LogP contribution < -0.4 is 5.56 Å². The van der Waals surface area contributed by atoms with Crippen LogP contribution in [-0.2, 0) is 18.8 Å². The highest BCUT2D eigenvalue weighted by molar-refractivity contribution is 6.08. The van der Waals surface area contributed by atoms with Gasteiger partial charge in [0, 0.05) is 39.1 Å². The van der Waals surface area contributed by atoms with Gasteiger partial charge in [0.2, 0.25) is 0 Å². The van der Waals surface area contributed by atoms with E-state index >= 15 is 0 Å². The summed E-state index contributed by atoms with van der Waals surface area (Å²) >= 11 is 0. The lowest BCUT2D eigenvalue weighted by Crippen LogP contribution is -2.33. The average molecular weight is 357 g/mol. The molecule has 1 atom stereocenters. The van der Waals surface area contributed by atoms with Crippen LogP contribution in [0.1, 0.15) is 22.5 Å². The second-order valence-electron chi connectivity index (χ2n) is 6.24. The Morgan fingerprint density at radius 2 is 2.00 bits per heavy atom. The zero-order valence-electron chi connectivity index (χ0n) is 14.1. The number of rotatable bonds is 2. The summed E-state index contributed by atoms with van der Waals surface area (Å²) in [7, 11) is 3.33. The molecule has 0 bridgehead atoms. The van der Waals surface area contributed by atoms with Crippen LogP contribution in [0.2, 0.25) is 0 Å². The number of halogens is 3. The number of aromatic nitrogens is 2. The molecule has 0 spiro atoms. The topological polar surface area (TPSA) is 56.5 Å². The normalized spacial score (nSPS) is 18.3. The summed E-state index contributed by atoms with van der Waals surface area (Å²) < 4.78 is 44.2. The highest BCUT2D eigenvalue weighted by Gasteiger charge is 2.38. The Hall–Kier alpha value is -2.29. The van der Waals surface area contributed by atoms with Crippen LogP contribution >= 0.6 is 0 Å². The fraction of sp³-hybridized carbons (Fsp3) is 0.500. The smallest absolute Gasteiger partial charge is 0.347 e. The summed E-state index contributed by atoms with van der Waals surface area (Å²) in [4.78, 5) is 26.7. The van der Waals surface area contributed by atoms with Crippen molar-refractivity contribution in [1.29, 1.82) is 0 Å². The maximum atomic E-state index is 12.9. The molecule has 0 N–H and O–H groups in total. The van der Waals surface area contributed by atoms with Crippen molar-refractivity contribution in [2.45, 2.75) is 25.8 Å². The number of carbonyl (C=O) groups excluding carboxylic acids is 1. The van der Waals surface area contributed by atoms with Crippen molar-refractivity contribution in [3.05, 3.63) is 33.9 Å². The molecule has 1 aliphatic rings. The van der Waals surface area contributed by atoms with Crippen molar-refractivity contribution in [2.24, 2.45) is 14.1 Å². The van der Waals surface area contributed by atoms with Crippen LogP contribution in [0.25, 0.3) is 10.9 Å². The Morgan fingerprint density at radius 1 is 1.32 bits per heavy atom. The largest absolute Gasteiger partial charge is 0.522 e. The Labute approximate surface area is 141 Å². The minimum Gasteiger partial charge on any atom is -0.347 e. The van der Waals surface area contributed by atoms with Gasteiger partial charge < -0.3 is 14.0 Å². The molecule has 2 aromatic heterocycles. The van der Waals surface area contributed by atoms with Crippen LogP contribution in [0.5, 0.6) is 0 Å². The molecule has 136 valence electrons. The molecular formula is C16H18F3N3O3. The Balaban J connectivity index is 1.98. The van der Waals surface area contributed by atoms with Gasteiger partial charge in [-0.2, -0.15) is 0 Å². The van der Waals surface area contributed by atoms with Crippen molar-refractivity contribution in [2.75, 3.05) is 13.1 Å². The van der Waals surface area contributed by atoms with Gasteiger partial charge in [-0.05, 0) is 19.4 Å². The summed E-state index contributed by atoms with van der Waals surface area (Å²) in [5, 5.41) is 0.287. The van der Waals surface area contributed by atoms with E-state index in [-0.39, 0.29) is 36.0 Å². The van der Waals surface area contributed by atoms with E-state index in [1.165, 1.54) is 9.47 Å². The minimum atomic E-state index is -4.73. The number of aryl methyl sites for hydroxylation is 2. The molecule has 3 rings (SSSR count). The van der Waals surface area contributed by atoms with Crippen molar-refractivity contribution in [3.8, 4) is 0 Å². The average Bonchev–Trinajstić information content (AvgIpc) is 3.06. The van der Waals surface area contributed by atoms with Crippen LogP contribution in [0.15, 0.2) is 17.1 Å². The van der Waals surface area contributed by atoms with Gasteiger partial charge >= 0.3 is 6.36 Å². The van der Waals surface area contributed by atoms with Crippen molar-refractivity contribution in [1.82, 2.24) is 14.0 Å². The molecule has 1 fully saturated rings. The number of hydrogen-bond acceptors (Lipinski definition) is 3. The van der Waals surface area contributed by atoms with Crippen LogP contribution in [0.4, 0.5) is 13.2 Å². The number of ether oxygens (including phenoxy) is 1. The third-order valence-corrected chi connectivity index (χ3v) is 4.67. The predicted molar refractivity (Wildman–Crippen MR) is 84.3 cm³/mol. The molecule has 3 heterocycles. The van der Waals surface area contributed by atoms with E-state index in [2.05, 4.69) is 4.74 Å². The number of pyridine rings is 1. The van der Waals surface area contributed by atoms with E-state index in [1.807, 2.05) is 0 Å². The molecule has 1 aliphatic heterocycles. The van der Waals surface area contributed by atoms with Gasteiger partial charge in [-0.15, -0.1) is 13.2 Å². The predicted octanol–water partition coefficient (Wildman–Crippen LogP) is 1.94. The molecule has 0 aliphatic carbocycles. The first kappa shape index (κ1) is 17.5. The van der Waals surface area contributed by atoms with E-state index in [9.17, 15) is 22.8 Å². The molecule has 6 nitrogen and oxygen atoms in total. The quantitative estimate of drug-likeness (QED) is 0.825. The second kappa shape index (κ2) is 5.91. The molecule has 1 unspecified atom stereocenters.